The van der Waals surface area contributed by atoms with Crippen molar-refractivity contribution >= 4 is 40.1 Å². The fraction of sp³-hybridized carbons (Fsp3) is 0.107. The number of Topliss-reactive ketones (excluding diaryl/α,β-unsaturated/α-hetero) is 1. The molecular weight excluding hydrogens is 448 g/mol. The lowest BCUT2D eigenvalue weighted by Gasteiger charge is -2.19. The van der Waals surface area contributed by atoms with Crippen molar-refractivity contribution < 1.29 is 9.59 Å². The van der Waals surface area contributed by atoms with Crippen LogP contribution in [0.3, 0.4) is 0 Å². The maximum atomic E-state index is 13.6. The van der Waals surface area contributed by atoms with Crippen molar-refractivity contribution in [3.8, 4) is 11.1 Å². The maximum Gasteiger partial charge on any atom is 0.259 e. The monoisotopic (exact) mass is 470 g/mol. The Morgan fingerprint density at radius 3 is 2.32 bits per heavy atom. The summed E-state index contributed by atoms with van der Waals surface area (Å²) in [5.74, 6) is -0.651. The molecule has 34 heavy (non-hydrogen) atoms. The van der Waals surface area contributed by atoms with E-state index in [1.54, 1.807) is 35.8 Å². The van der Waals surface area contributed by atoms with Gasteiger partial charge in [-0.15, -0.1) is 0 Å². The van der Waals surface area contributed by atoms with Crippen LogP contribution in [0.5, 0.6) is 0 Å². The van der Waals surface area contributed by atoms with Crippen LogP contribution in [0.1, 0.15) is 35.0 Å². The number of nitrogens with zero attached hydrogens (tertiary/aromatic N) is 1. The summed E-state index contributed by atoms with van der Waals surface area (Å²) in [6.45, 7) is 2.01. The molecule has 4 aromatic rings. The molecule has 0 saturated carbocycles. The molecule has 5 nitrogen and oxygen atoms in total. The number of pyridine rings is 1. The molecule has 0 bridgehead atoms. The van der Waals surface area contributed by atoms with Gasteiger partial charge in [-0.05, 0) is 46.4 Å². The highest BCUT2D eigenvalue weighted by Gasteiger charge is 2.22. The van der Waals surface area contributed by atoms with Crippen LogP contribution in [0, 0.1) is 0 Å². The van der Waals surface area contributed by atoms with Crippen LogP contribution in [0.2, 0.25) is 5.02 Å². The lowest BCUT2D eigenvalue weighted by atomic mass is 9.94. The van der Waals surface area contributed by atoms with E-state index in [2.05, 4.69) is 0 Å². The lowest BCUT2D eigenvalue weighted by Crippen LogP contribution is -2.28. The van der Waals surface area contributed by atoms with Gasteiger partial charge in [0.15, 0.2) is 5.78 Å². The third-order valence-electron chi connectivity index (χ3n) is 5.64. The molecule has 0 unspecified atom stereocenters. The van der Waals surface area contributed by atoms with Crippen LogP contribution in [0.4, 0.5) is 0 Å². The number of hydrogen-bond donors (Lipinski definition) is 1. The summed E-state index contributed by atoms with van der Waals surface area (Å²) in [5.41, 5.74) is 8.46. The molecule has 0 aliphatic heterocycles. The largest absolute Gasteiger partial charge is 0.366 e. The van der Waals surface area contributed by atoms with Gasteiger partial charge in [0.2, 0.25) is 5.91 Å². The first-order chi connectivity index (χ1) is 16.4. The second kappa shape index (κ2) is 9.89. The number of benzene rings is 3. The van der Waals surface area contributed by atoms with Gasteiger partial charge < -0.3 is 5.73 Å². The van der Waals surface area contributed by atoms with E-state index in [-0.39, 0.29) is 24.3 Å². The van der Waals surface area contributed by atoms with Crippen LogP contribution >= 0.6 is 11.6 Å². The summed E-state index contributed by atoms with van der Waals surface area (Å²) < 4.78 is 1.55. The molecule has 0 saturated heterocycles. The Kier molecular flexibility index (Phi) is 6.75. The summed E-state index contributed by atoms with van der Waals surface area (Å²) in [4.78, 5) is 37.9. The normalized spacial score (nSPS) is 11.2. The minimum absolute atomic E-state index is 0.126. The van der Waals surface area contributed by atoms with E-state index >= 15 is 0 Å². The quantitative estimate of drug-likeness (QED) is 0.287. The van der Waals surface area contributed by atoms with E-state index in [1.807, 2.05) is 54.6 Å². The van der Waals surface area contributed by atoms with Crippen LogP contribution in [0.25, 0.3) is 28.0 Å². The van der Waals surface area contributed by atoms with E-state index in [0.717, 1.165) is 16.7 Å². The standard InChI is InChI=1S/C28H23ClN2O3/c1-2-24(32)27-26(20-6-4-3-5-7-20)23-16-21(29)13-14-22(23)28(34)31(27)17-19-10-8-18(9-11-19)12-15-25(30)33/h3-16H,2,17H2,1H3,(H2,30,33)/b15-12+. The van der Waals surface area contributed by atoms with Crippen molar-refractivity contribution in [3.63, 3.8) is 0 Å². The molecule has 0 aliphatic carbocycles. The topological polar surface area (TPSA) is 82.2 Å². The van der Waals surface area contributed by atoms with Gasteiger partial charge in [-0.2, -0.15) is 0 Å². The first kappa shape index (κ1) is 23.2. The molecule has 4 rings (SSSR count). The SMILES string of the molecule is CCC(=O)c1c(-c2ccccc2)c2cc(Cl)ccc2c(=O)n1Cc1ccc(/C=C/C(N)=O)cc1. The smallest absolute Gasteiger partial charge is 0.259 e. The molecule has 0 radical (unpaired) electrons. The predicted octanol–water partition coefficient (Wildman–Crippen LogP) is 5.46. The maximum absolute atomic E-state index is 13.6. The average Bonchev–Trinajstić information content (AvgIpc) is 2.85. The summed E-state index contributed by atoms with van der Waals surface area (Å²) in [5, 5.41) is 1.65. The number of halogens is 1. The zero-order chi connectivity index (χ0) is 24.2. The van der Waals surface area contributed by atoms with Crippen molar-refractivity contribution in [2.45, 2.75) is 19.9 Å². The van der Waals surface area contributed by atoms with E-state index in [0.29, 0.717) is 27.1 Å². The van der Waals surface area contributed by atoms with Crippen LogP contribution in [-0.4, -0.2) is 16.3 Å². The molecular formula is C28H23ClN2O3. The third kappa shape index (κ3) is 4.70. The van der Waals surface area contributed by atoms with Crippen LogP contribution in [0.15, 0.2) is 83.7 Å². The fourth-order valence-corrected chi connectivity index (χ4v) is 4.19. The number of carbonyl (C=O) groups is 2. The number of carbonyl (C=O) groups excluding carboxylic acids is 2. The van der Waals surface area contributed by atoms with E-state index in [9.17, 15) is 14.4 Å². The highest BCUT2D eigenvalue weighted by molar-refractivity contribution is 6.31. The highest BCUT2D eigenvalue weighted by Crippen LogP contribution is 2.33. The first-order valence-electron chi connectivity index (χ1n) is 10.9. The Labute approximate surface area is 202 Å². The van der Waals surface area contributed by atoms with E-state index in [1.165, 1.54) is 6.08 Å². The van der Waals surface area contributed by atoms with Crippen LogP contribution in [-0.2, 0) is 11.3 Å². The van der Waals surface area contributed by atoms with E-state index < -0.39 is 5.91 Å². The summed E-state index contributed by atoms with van der Waals surface area (Å²) >= 11 is 6.30. The van der Waals surface area contributed by atoms with Crippen molar-refractivity contribution in [3.05, 3.63) is 111 Å². The van der Waals surface area contributed by atoms with Gasteiger partial charge in [-0.1, -0.05) is 73.1 Å². The molecule has 0 fully saturated rings. The zero-order valence-corrected chi connectivity index (χ0v) is 19.4. The fourth-order valence-electron chi connectivity index (χ4n) is 4.02. The predicted molar refractivity (Wildman–Crippen MR) is 137 cm³/mol. The van der Waals surface area contributed by atoms with Gasteiger partial charge in [0.25, 0.3) is 5.56 Å². The summed E-state index contributed by atoms with van der Waals surface area (Å²) in [6, 6.07) is 22.1. The van der Waals surface area contributed by atoms with Gasteiger partial charge in [-0.25, -0.2) is 0 Å². The van der Waals surface area contributed by atoms with Crippen molar-refractivity contribution in [2.24, 2.45) is 5.73 Å². The first-order valence-corrected chi connectivity index (χ1v) is 11.3. The third-order valence-corrected chi connectivity index (χ3v) is 5.88. The number of primary amides is 1. The average molecular weight is 471 g/mol. The van der Waals surface area contributed by atoms with Gasteiger partial charge in [0.1, 0.15) is 0 Å². The molecule has 170 valence electrons. The molecule has 0 aliphatic rings. The van der Waals surface area contributed by atoms with Crippen LogP contribution < -0.4 is 11.3 Å². The molecule has 6 heteroatoms. The van der Waals surface area contributed by atoms with Crippen molar-refractivity contribution in [1.82, 2.24) is 4.57 Å². The molecule has 0 atom stereocenters. The number of ketones is 1. The van der Waals surface area contributed by atoms with Gasteiger partial charge >= 0.3 is 0 Å². The Morgan fingerprint density at radius 2 is 1.68 bits per heavy atom. The van der Waals surface area contributed by atoms with Crippen molar-refractivity contribution in [1.29, 1.82) is 0 Å². The zero-order valence-electron chi connectivity index (χ0n) is 18.6. The van der Waals surface area contributed by atoms with E-state index in [4.69, 9.17) is 17.3 Å². The Bertz CT molecular complexity index is 1470. The molecule has 3 aromatic carbocycles. The molecule has 1 aromatic heterocycles. The number of rotatable bonds is 7. The van der Waals surface area contributed by atoms with Gasteiger partial charge in [-0.3, -0.25) is 19.0 Å². The lowest BCUT2D eigenvalue weighted by molar-refractivity contribution is -0.113. The minimum atomic E-state index is -0.525. The number of amides is 1. The highest BCUT2D eigenvalue weighted by atomic mass is 35.5. The summed E-state index contributed by atoms with van der Waals surface area (Å²) in [6.07, 6.45) is 3.16. The molecule has 1 heterocycles. The number of aromatic nitrogens is 1. The minimum Gasteiger partial charge on any atom is -0.366 e. The summed E-state index contributed by atoms with van der Waals surface area (Å²) in [7, 11) is 0. The second-order valence-corrected chi connectivity index (χ2v) is 8.36. The Balaban J connectivity index is 1.95. The number of hydrogen-bond acceptors (Lipinski definition) is 3. The second-order valence-electron chi connectivity index (χ2n) is 7.92. The number of nitrogens with two attached hydrogens (primary N) is 1. The Morgan fingerprint density at radius 1 is 0.971 bits per heavy atom. The van der Waals surface area contributed by atoms with Gasteiger partial charge in [0.05, 0.1) is 12.2 Å². The molecule has 0 spiro atoms. The Hall–Kier alpha value is -3.96. The number of fused-ring (bicyclic) bond motifs is 1. The molecule has 2 N–H and O–H groups in total. The van der Waals surface area contributed by atoms with Crippen molar-refractivity contribution in [2.75, 3.05) is 0 Å². The van der Waals surface area contributed by atoms with Gasteiger partial charge in [0, 0.05) is 28.5 Å². The molecule has 1 amide bonds.